The molecule has 1 N–H and O–H groups in total. The quantitative estimate of drug-likeness (QED) is 0.759. The molecule has 1 aromatic heterocycles. The van der Waals surface area contributed by atoms with Gasteiger partial charge in [-0.15, -0.1) is 0 Å². The van der Waals surface area contributed by atoms with E-state index >= 15 is 0 Å². The molecule has 2 aromatic carbocycles. The van der Waals surface area contributed by atoms with Gasteiger partial charge >= 0.3 is 0 Å². The number of fused-ring (bicyclic) bond motifs is 1. The maximum Gasteiger partial charge on any atom is 0.111 e. The maximum atomic E-state index is 6.13. The fourth-order valence-corrected chi connectivity index (χ4v) is 2.87. The third-order valence-corrected chi connectivity index (χ3v) is 4.40. The number of likely N-dealkylation sites (N-methyl/N-ethyl adjacent to an activating group) is 1. The van der Waals surface area contributed by atoms with Gasteiger partial charge in [0, 0.05) is 19.5 Å². The molecule has 0 saturated carbocycles. The highest BCUT2D eigenvalue weighted by Gasteiger charge is 2.11. The second kappa shape index (κ2) is 6.69. The summed E-state index contributed by atoms with van der Waals surface area (Å²) in [6, 6.07) is 14.0. The lowest BCUT2D eigenvalue weighted by Crippen LogP contribution is -2.14. The summed E-state index contributed by atoms with van der Waals surface area (Å²) in [6.45, 7) is 1.63. The Bertz CT molecular complexity index is 796. The lowest BCUT2D eigenvalue weighted by atomic mass is 10.2. The van der Waals surface area contributed by atoms with Crippen LogP contribution in [0.1, 0.15) is 11.4 Å². The number of nitrogens with zero attached hydrogens (tertiary/aromatic N) is 2. The van der Waals surface area contributed by atoms with E-state index in [9.17, 15) is 0 Å². The van der Waals surface area contributed by atoms with Gasteiger partial charge in [0.05, 0.1) is 21.1 Å². The topological polar surface area (TPSA) is 29.9 Å². The fourth-order valence-electron chi connectivity index (χ4n) is 2.55. The third-order valence-electron chi connectivity index (χ3n) is 3.66. The molecular weight excluding hydrogens is 317 g/mol. The van der Waals surface area contributed by atoms with Gasteiger partial charge in [-0.25, -0.2) is 4.98 Å². The normalized spacial score (nSPS) is 11.2. The zero-order valence-corrected chi connectivity index (χ0v) is 13.8. The van der Waals surface area contributed by atoms with Crippen molar-refractivity contribution < 1.29 is 0 Å². The number of halogens is 2. The molecule has 0 saturated heterocycles. The summed E-state index contributed by atoms with van der Waals surface area (Å²) in [5.74, 6) is 1.07. The van der Waals surface area contributed by atoms with Crippen LogP contribution in [0.3, 0.4) is 0 Å². The summed E-state index contributed by atoms with van der Waals surface area (Å²) in [4.78, 5) is 4.75. The number of para-hydroxylation sites is 2. The third kappa shape index (κ3) is 3.12. The SMILES string of the molecule is CNCCc1nc2ccccc2n1Cc1ccc(Cl)c(Cl)c1. The lowest BCUT2D eigenvalue weighted by Gasteiger charge is -2.10. The Labute approximate surface area is 139 Å². The summed E-state index contributed by atoms with van der Waals surface area (Å²) in [6.07, 6.45) is 0.881. The minimum Gasteiger partial charge on any atom is -0.323 e. The second-order valence-corrected chi connectivity index (χ2v) is 6.02. The second-order valence-electron chi connectivity index (χ2n) is 5.20. The number of nitrogens with one attached hydrogen (secondary N) is 1. The molecule has 22 heavy (non-hydrogen) atoms. The van der Waals surface area contributed by atoms with Crippen LogP contribution in [0.5, 0.6) is 0 Å². The molecule has 0 spiro atoms. The number of hydrogen-bond donors (Lipinski definition) is 1. The number of hydrogen-bond acceptors (Lipinski definition) is 2. The Morgan fingerprint density at radius 2 is 1.91 bits per heavy atom. The van der Waals surface area contributed by atoms with Gasteiger partial charge in [-0.05, 0) is 36.9 Å². The van der Waals surface area contributed by atoms with Crippen molar-refractivity contribution in [2.24, 2.45) is 0 Å². The zero-order valence-electron chi connectivity index (χ0n) is 12.3. The first kappa shape index (κ1) is 15.3. The number of benzene rings is 2. The van der Waals surface area contributed by atoms with Crippen molar-refractivity contribution in [3.63, 3.8) is 0 Å². The maximum absolute atomic E-state index is 6.13. The number of aromatic nitrogens is 2. The van der Waals surface area contributed by atoms with Gasteiger partial charge in [0.15, 0.2) is 0 Å². The van der Waals surface area contributed by atoms with Crippen molar-refractivity contribution in [3.8, 4) is 0 Å². The summed E-state index contributed by atoms with van der Waals surface area (Å²) < 4.78 is 2.24. The van der Waals surface area contributed by atoms with E-state index < -0.39 is 0 Å². The van der Waals surface area contributed by atoms with Gasteiger partial charge in [0.25, 0.3) is 0 Å². The van der Waals surface area contributed by atoms with Crippen LogP contribution < -0.4 is 5.32 Å². The summed E-state index contributed by atoms with van der Waals surface area (Å²) >= 11 is 12.1. The molecule has 0 unspecified atom stereocenters. The van der Waals surface area contributed by atoms with Gasteiger partial charge in [0.1, 0.15) is 5.82 Å². The largest absolute Gasteiger partial charge is 0.323 e. The van der Waals surface area contributed by atoms with Crippen molar-refractivity contribution >= 4 is 34.2 Å². The summed E-state index contributed by atoms with van der Waals surface area (Å²) in [5.41, 5.74) is 3.27. The molecular formula is C17H17Cl2N3. The molecule has 0 fully saturated rings. The molecule has 3 nitrogen and oxygen atoms in total. The van der Waals surface area contributed by atoms with Crippen LogP contribution in [0.25, 0.3) is 11.0 Å². The molecule has 3 aromatic rings. The van der Waals surface area contributed by atoms with Crippen LogP contribution in [0.15, 0.2) is 42.5 Å². The van der Waals surface area contributed by atoms with E-state index in [0.29, 0.717) is 10.0 Å². The Morgan fingerprint density at radius 1 is 1.09 bits per heavy atom. The van der Waals surface area contributed by atoms with Crippen molar-refractivity contribution in [1.82, 2.24) is 14.9 Å². The summed E-state index contributed by atoms with van der Waals surface area (Å²) in [7, 11) is 1.95. The van der Waals surface area contributed by atoms with Crippen LogP contribution in [0.2, 0.25) is 10.0 Å². The molecule has 0 aliphatic heterocycles. The van der Waals surface area contributed by atoms with Crippen LogP contribution >= 0.6 is 23.2 Å². The van der Waals surface area contributed by atoms with Crippen LogP contribution in [0.4, 0.5) is 0 Å². The Balaban J connectivity index is 2.01. The minimum atomic E-state index is 0.580. The highest BCUT2D eigenvalue weighted by molar-refractivity contribution is 6.42. The van der Waals surface area contributed by atoms with Crippen LogP contribution in [-0.2, 0) is 13.0 Å². The standard InChI is InChI=1S/C17H17Cl2N3/c1-20-9-8-17-21-15-4-2-3-5-16(15)22(17)11-12-6-7-13(18)14(19)10-12/h2-7,10,20H,8-9,11H2,1H3. The van der Waals surface area contributed by atoms with E-state index in [1.807, 2.05) is 43.4 Å². The molecule has 0 aliphatic carbocycles. The van der Waals surface area contributed by atoms with E-state index in [-0.39, 0.29) is 0 Å². The predicted octanol–water partition coefficient (Wildman–Crippen LogP) is 4.15. The fraction of sp³-hybridized carbons (Fsp3) is 0.235. The van der Waals surface area contributed by atoms with E-state index in [1.165, 1.54) is 0 Å². The molecule has 1 heterocycles. The van der Waals surface area contributed by atoms with Crippen LogP contribution in [0, 0.1) is 0 Å². The zero-order chi connectivity index (χ0) is 15.5. The monoisotopic (exact) mass is 333 g/mol. The number of imidazole rings is 1. The Hall–Kier alpha value is -1.55. The van der Waals surface area contributed by atoms with E-state index in [0.717, 1.165) is 41.9 Å². The Morgan fingerprint density at radius 3 is 2.68 bits per heavy atom. The first-order valence-electron chi connectivity index (χ1n) is 7.21. The number of rotatable bonds is 5. The van der Waals surface area contributed by atoms with E-state index in [2.05, 4.69) is 16.0 Å². The van der Waals surface area contributed by atoms with Crippen molar-refractivity contribution in [1.29, 1.82) is 0 Å². The first-order valence-corrected chi connectivity index (χ1v) is 7.97. The molecule has 0 aliphatic rings. The summed E-state index contributed by atoms with van der Waals surface area (Å²) in [5, 5.41) is 4.34. The van der Waals surface area contributed by atoms with Gasteiger partial charge < -0.3 is 9.88 Å². The first-order chi connectivity index (χ1) is 10.7. The van der Waals surface area contributed by atoms with Gasteiger partial charge in [-0.2, -0.15) is 0 Å². The van der Waals surface area contributed by atoms with Crippen molar-refractivity contribution in [2.45, 2.75) is 13.0 Å². The molecule has 114 valence electrons. The van der Waals surface area contributed by atoms with Gasteiger partial charge in [-0.3, -0.25) is 0 Å². The average Bonchev–Trinajstić information content (AvgIpc) is 2.87. The van der Waals surface area contributed by atoms with Gasteiger partial charge in [-0.1, -0.05) is 41.4 Å². The molecule has 3 rings (SSSR count). The van der Waals surface area contributed by atoms with E-state index in [1.54, 1.807) is 0 Å². The predicted molar refractivity (Wildman–Crippen MR) is 92.9 cm³/mol. The minimum absolute atomic E-state index is 0.580. The lowest BCUT2D eigenvalue weighted by molar-refractivity contribution is 0.696. The van der Waals surface area contributed by atoms with Crippen molar-refractivity contribution in [2.75, 3.05) is 13.6 Å². The van der Waals surface area contributed by atoms with E-state index in [4.69, 9.17) is 28.2 Å². The molecule has 0 amide bonds. The van der Waals surface area contributed by atoms with Gasteiger partial charge in [0.2, 0.25) is 0 Å². The smallest absolute Gasteiger partial charge is 0.111 e. The van der Waals surface area contributed by atoms with Crippen LogP contribution in [-0.4, -0.2) is 23.1 Å². The highest BCUT2D eigenvalue weighted by atomic mass is 35.5. The average molecular weight is 334 g/mol. The Kier molecular flexibility index (Phi) is 4.67. The molecule has 0 atom stereocenters. The molecule has 0 radical (unpaired) electrons. The van der Waals surface area contributed by atoms with Crippen molar-refractivity contribution in [3.05, 3.63) is 63.9 Å². The molecule has 5 heteroatoms. The highest BCUT2D eigenvalue weighted by Crippen LogP contribution is 2.24. The molecule has 0 bridgehead atoms.